The van der Waals surface area contributed by atoms with Gasteiger partial charge in [0.1, 0.15) is 0 Å². The van der Waals surface area contributed by atoms with Crippen LogP contribution in [0.2, 0.25) is 0 Å². The fourth-order valence-electron chi connectivity index (χ4n) is 11.9. The zero-order chi connectivity index (χ0) is 32.0. The van der Waals surface area contributed by atoms with E-state index in [0.717, 1.165) is 69.8 Å². The van der Waals surface area contributed by atoms with Crippen molar-refractivity contribution in [2.24, 2.45) is 46.3 Å². The predicted molar refractivity (Wildman–Crippen MR) is 177 cm³/mol. The molecular formula is C38H64N2O5. The first-order chi connectivity index (χ1) is 21.5. The van der Waals surface area contributed by atoms with Crippen LogP contribution in [-0.2, 0) is 14.3 Å². The van der Waals surface area contributed by atoms with Crippen molar-refractivity contribution in [2.75, 3.05) is 13.2 Å². The minimum absolute atomic E-state index is 0.0463. The monoisotopic (exact) mass is 628 g/mol. The number of carboxylic acid groups (broad SMARTS) is 1. The summed E-state index contributed by atoms with van der Waals surface area (Å²) in [4.78, 5) is 26.9. The molecule has 2 amide bonds. The molecule has 11 atom stereocenters. The van der Waals surface area contributed by atoms with Crippen molar-refractivity contribution in [3.05, 3.63) is 0 Å². The SMILES string of the molecule is CC[C@@H]1C[C@H](NC(=O)N(CCCC(=O)O)C2CCCCC2)CC[C@]1(C)[C@H]1CC[C@@]2(C)[C@H](C1)C[C@@H]1O[C@]3(CC[C@H](C)CO3)[C@@H](C)[C@@H]12. The molecule has 0 aromatic heterocycles. The van der Waals surface area contributed by atoms with Gasteiger partial charge in [0.05, 0.1) is 12.7 Å². The number of ether oxygens (including phenoxy) is 2. The van der Waals surface area contributed by atoms with Gasteiger partial charge in [-0.05, 0) is 111 Å². The summed E-state index contributed by atoms with van der Waals surface area (Å²) in [7, 11) is 0. The zero-order valence-corrected chi connectivity index (χ0v) is 29.2. The molecule has 4 aliphatic carbocycles. The predicted octanol–water partition coefficient (Wildman–Crippen LogP) is 8.40. The lowest BCUT2D eigenvalue weighted by molar-refractivity contribution is -0.272. The van der Waals surface area contributed by atoms with E-state index >= 15 is 0 Å². The molecule has 0 aromatic rings. The van der Waals surface area contributed by atoms with Crippen LogP contribution >= 0.6 is 0 Å². The molecule has 256 valence electrons. The fourth-order valence-corrected chi connectivity index (χ4v) is 11.9. The topological polar surface area (TPSA) is 88.1 Å². The Morgan fingerprint density at radius 3 is 2.36 bits per heavy atom. The van der Waals surface area contributed by atoms with Crippen molar-refractivity contribution >= 4 is 12.0 Å². The second kappa shape index (κ2) is 13.3. The van der Waals surface area contributed by atoms with Gasteiger partial charge in [-0.25, -0.2) is 4.79 Å². The lowest BCUT2D eigenvalue weighted by atomic mass is 9.51. The Morgan fingerprint density at radius 2 is 1.67 bits per heavy atom. The average molecular weight is 629 g/mol. The maximum absolute atomic E-state index is 13.7. The molecule has 0 unspecified atom stereocenters. The summed E-state index contributed by atoms with van der Waals surface area (Å²) in [5.74, 6) is 2.68. The minimum atomic E-state index is -0.779. The van der Waals surface area contributed by atoms with Crippen molar-refractivity contribution in [2.45, 2.75) is 168 Å². The van der Waals surface area contributed by atoms with E-state index in [-0.39, 0.29) is 30.3 Å². The maximum atomic E-state index is 13.7. The van der Waals surface area contributed by atoms with E-state index in [1.54, 1.807) is 0 Å². The van der Waals surface area contributed by atoms with Crippen molar-refractivity contribution < 1.29 is 24.2 Å². The molecule has 45 heavy (non-hydrogen) atoms. The number of carboxylic acids is 1. The molecule has 6 fully saturated rings. The molecule has 0 aromatic carbocycles. The highest BCUT2D eigenvalue weighted by atomic mass is 16.7. The van der Waals surface area contributed by atoms with Gasteiger partial charge in [-0.3, -0.25) is 4.79 Å². The number of carbonyl (C=O) groups excluding carboxylic acids is 1. The third kappa shape index (κ3) is 6.32. The number of nitrogens with zero attached hydrogens (tertiary/aromatic N) is 1. The van der Waals surface area contributed by atoms with Crippen LogP contribution in [0.5, 0.6) is 0 Å². The minimum Gasteiger partial charge on any atom is -0.481 e. The molecule has 2 heterocycles. The summed E-state index contributed by atoms with van der Waals surface area (Å²) in [5.41, 5.74) is 0.666. The number of rotatable bonds is 8. The third-order valence-corrected chi connectivity index (χ3v) is 14.7. The van der Waals surface area contributed by atoms with Crippen LogP contribution < -0.4 is 5.32 Å². The number of hydrogen-bond acceptors (Lipinski definition) is 4. The Hall–Kier alpha value is -1.34. The molecule has 7 nitrogen and oxygen atoms in total. The van der Waals surface area contributed by atoms with Crippen LogP contribution in [0, 0.1) is 46.3 Å². The second-order valence-corrected chi connectivity index (χ2v) is 17.2. The van der Waals surface area contributed by atoms with E-state index in [0.29, 0.717) is 53.6 Å². The first-order valence-electron chi connectivity index (χ1n) is 19.1. The number of aliphatic carboxylic acids is 1. The third-order valence-electron chi connectivity index (χ3n) is 14.7. The smallest absolute Gasteiger partial charge is 0.317 e. The van der Waals surface area contributed by atoms with E-state index < -0.39 is 5.97 Å². The lowest BCUT2D eigenvalue weighted by Gasteiger charge is -2.55. The van der Waals surface area contributed by atoms with E-state index in [1.165, 1.54) is 44.9 Å². The second-order valence-electron chi connectivity index (χ2n) is 17.2. The van der Waals surface area contributed by atoms with Crippen LogP contribution in [0.1, 0.15) is 144 Å². The summed E-state index contributed by atoms with van der Waals surface area (Å²) in [5, 5.41) is 12.7. The van der Waals surface area contributed by atoms with Crippen molar-refractivity contribution in [3.8, 4) is 0 Å². The molecule has 0 radical (unpaired) electrons. The Morgan fingerprint density at radius 1 is 0.911 bits per heavy atom. The van der Waals surface area contributed by atoms with Crippen LogP contribution in [0.3, 0.4) is 0 Å². The maximum Gasteiger partial charge on any atom is 0.317 e. The zero-order valence-electron chi connectivity index (χ0n) is 29.2. The van der Waals surface area contributed by atoms with Gasteiger partial charge in [-0.15, -0.1) is 0 Å². The van der Waals surface area contributed by atoms with Crippen LogP contribution in [-0.4, -0.2) is 59.1 Å². The molecule has 2 saturated heterocycles. The largest absolute Gasteiger partial charge is 0.481 e. The van der Waals surface area contributed by atoms with Crippen molar-refractivity contribution in [1.82, 2.24) is 10.2 Å². The van der Waals surface area contributed by atoms with E-state index in [2.05, 4.69) is 39.9 Å². The molecule has 6 aliphatic rings. The number of fused-ring (bicyclic) bond motifs is 3. The van der Waals surface area contributed by atoms with Gasteiger partial charge in [0, 0.05) is 37.4 Å². The molecular weight excluding hydrogens is 564 g/mol. The van der Waals surface area contributed by atoms with E-state index in [1.807, 2.05) is 4.90 Å². The molecule has 2 N–H and O–H groups in total. The van der Waals surface area contributed by atoms with Gasteiger partial charge >= 0.3 is 12.0 Å². The fraction of sp³-hybridized carbons (Fsp3) is 0.947. The number of nitrogens with one attached hydrogen (secondary N) is 1. The van der Waals surface area contributed by atoms with Gasteiger partial charge in [-0.1, -0.05) is 60.3 Å². The Labute approximate surface area is 273 Å². The van der Waals surface area contributed by atoms with Crippen LogP contribution in [0.4, 0.5) is 4.79 Å². The molecule has 4 saturated carbocycles. The number of carbonyl (C=O) groups is 2. The van der Waals surface area contributed by atoms with Gasteiger partial charge in [0.25, 0.3) is 0 Å². The number of urea groups is 1. The molecule has 6 rings (SSSR count). The standard InChI is InChI=1S/C38H64N2O5/c1-6-27-22-30(39-35(43)40(20-10-13-33(41)42)31-11-8-7-9-12-31)16-18-36(27,4)28-15-17-37(5)29(21-28)23-32-34(37)26(3)38(45-32)19-14-25(2)24-44-38/h25-32,34H,6-24H2,1-5H3,(H,39,43)(H,41,42)/t25-,26-,27+,28-,29+,30+,32-,34-,36-,37-,38+/m0/s1. The van der Waals surface area contributed by atoms with Crippen LogP contribution in [0.25, 0.3) is 0 Å². The summed E-state index contributed by atoms with van der Waals surface area (Å²) in [6.07, 6.45) is 18.5. The molecule has 2 aliphatic heterocycles. The summed E-state index contributed by atoms with van der Waals surface area (Å²) in [6, 6.07) is 0.509. The first kappa shape index (κ1) is 33.6. The lowest BCUT2D eigenvalue weighted by Crippen LogP contribution is -2.54. The molecule has 1 spiro atoms. The average Bonchev–Trinajstić information content (AvgIpc) is 3.46. The van der Waals surface area contributed by atoms with Crippen molar-refractivity contribution in [3.63, 3.8) is 0 Å². The van der Waals surface area contributed by atoms with Gasteiger partial charge < -0.3 is 24.8 Å². The van der Waals surface area contributed by atoms with Crippen LogP contribution in [0.15, 0.2) is 0 Å². The highest BCUT2D eigenvalue weighted by Gasteiger charge is 2.66. The highest BCUT2D eigenvalue weighted by Crippen LogP contribution is 2.67. The van der Waals surface area contributed by atoms with E-state index in [4.69, 9.17) is 9.47 Å². The summed E-state index contributed by atoms with van der Waals surface area (Å²) < 4.78 is 13.4. The quantitative estimate of drug-likeness (QED) is 0.282. The summed E-state index contributed by atoms with van der Waals surface area (Å²) in [6.45, 7) is 13.7. The first-order valence-corrected chi connectivity index (χ1v) is 19.1. The Kier molecular flexibility index (Phi) is 9.90. The molecule has 7 heteroatoms. The van der Waals surface area contributed by atoms with E-state index in [9.17, 15) is 14.7 Å². The highest BCUT2D eigenvalue weighted by molar-refractivity contribution is 5.75. The van der Waals surface area contributed by atoms with Gasteiger partial charge in [-0.2, -0.15) is 0 Å². The number of amides is 2. The number of hydrogen-bond donors (Lipinski definition) is 2. The molecule has 0 bridgehead atoms. The van der Waals surface area contributed by atoms with Gasteiger partial charge in [0.15, 0.2) is 5.79 Å². The Balaban J connectivity index is 1.07. The summed E-state index contributed by atoms with van der Waals surface area (Å²) >= 11 is 0. The van der Waals surface area contributed by atoms with Gasteiger partial charge in [0.2, 0.25) is 0 Å². The van der Waals surface area contributed by atoms with Crippen molar-refractivity contribution in [1.29, 1.82) is 0 Å². The normalized spacial score (nSPS) is 45.2. The Bertz CT molecular complexity index is 1050.